The van der Waals surface area contributed by atoms with E-state index in [9.17, 15) is 13.5 Å². The Bertz CT molecular complexity index is 545. The minimum absolute atomic E-state index is 0.0177. The Morgan fingerprint density at radius 1 is 1.40 bits per heavy atom. The van der Waals surface area contributed by atoms with Gasteiger partial charge in [0.25, 0.3) is 0 Å². The summed E-state index contributed by atoms with van der Waals surface area (Å²) >= 11 is 3.23. The highest BCUT2D eigenvalue weighted by molar-refractivity contribution is 9.10. The van der Waals surface area contributed by atoms with Crippen LogP contribution in [0.25, 0.3) is 0 Å². The monoisotopic (exact) mass is 365 g/mol. The normalized spacial score (nSPS) is 13.5. The predicted octanol–water partition coefficient (Wildman–Crippen LogP) is 2.14. The summed E-state index contributed by atoms with van der Waals surface area (Å²) in [5.74, 6) is 0.564. The molecule has 1 rings (SSSR count). The van der Waals surface area contributed by atoms with E-state index < -0.39 is 16.1 Å². The first-order valence-corrected chi connectivity index (χ1v) is 8.55. The van der Waals surface area contributed by atoms with Gasteiger partial charge in [-0.3, -0.25) is 0 Å². The van der Waals surface area contributed by atoms with E-state index in [1.54, 1.807) is 12.1 Å². The molecule has 2 N–H and O–H groups in total. The second-order valence-electron chi connectivity index (χ2n) is 4.93. The van der Waals surface area contributed by atoms with Crippen molar-refractivity contribution in [3.05, 3.63) is 22.7 Å². The maximum Gasteiger partial charge on any atom is 0.244 e. The van der Waals surface area contributed by atoms with Crippen LogP contribution in [-0.4, -0.2) is 33.3 Å². The number of nitrogens with one attached hydrogen (secondary N) is 1. The molecule has 0 radical (unpaired) electrons. The molecule has 0 spiro atoms. The van der Waals surface area contributed by atoms with Crippen molar-refractivity contribution in [2.24, 2.45) is 5.92 Å². The number of halogens is 1. The molecule has 0 aromatic heterocycles. The number of ether oxygens (including phenoxy) is 1. The fourth-order valence-corrected chi connectivity index (χ4v) is 3.55. The maximum atomic E-state index is 12.2. The Morgan fingerprint density at radius 2 is 2.05 bits per heavy atom. The second-order valence-corrected chi connectivity index (χ2v) is 7.58. The Hall–Kier alpha value is -0.630. The molecule has 1 aromatic carbocycles. The van der Waals surface area contributed by atoms with Crippen LogP contribution in [0, 0.1) is 5.92 Å². The van der Waals surface area contributed by atoms with Gasteiger partial charge in [0.15, 0.2) is 0 Å². The Morgan fingerprint density at radius 3 is 2.60 bits per heavy atom. The first-order chi connectivity index (χ1) is 9.26. The summed E-state index contributed by atoms with van der Waals surface area (Å²) < 4.78 is 32.6. The third-order valence-electron chi connectivity index (χ3n) is 2.67. The third kappa shape index (κ3) is 5.05. The Balaban J connectivity index is 2.86. The van der Waals surface area contributed by atoms with Crippen LogP contribution in [0.5, 0.6) is 5.75 Å². The predicted molar refractivity (Wildman–Crippen MR) is 81.3 cm³/mol. The van der Waals surface area contributed by atoms with Crippen molar-refractivity contribution >= 4 is 26.0 Å². The maximum absolute atomic E-state index is 12.2. The van der Waals surface area contributed by atoms with E-state index in [0.717, 1.165) is 0 Å². The molecule has 7 heteroatoms. The van der Waals surface area contributed by atoms with Crippen molar-refractivity contribution in [3.63, 3.8) is 0 Å². The standard InChI is InChI=1S/C13H20BrNO4S/c1-9(2)6-11(16)8-15-20(17,18)13-7-10(14)4-5-12(13)19-3/h4-5,7,9,11,15-16H,6,8H2,1-3H3. The molecule has 0 aliphatic carbocycles. The first-order valence-electron chi connectivity index (χ1n) is 6.27. The minimum atomic E-state index is -3.72. The van der Waals surface area contributed by atoms with Crippen molar-refractivity contribution < 1.29 is 18.3 Å². The zero-order chi connectivity index (χ0) is 15.3. The van der Waals surface area contributed by atoms with E-state index >= 15 is 0 Å². The highest BCUT2D eigenvalue weighted by atomic mass is 79.9. The summed E-state index contributed by atoms with van der Waals surface area (Å²) in [4.78, 5) is 0.0473. The van der Waals surface area contributed by atoms with Crippen molar-refractivity contribution in [1.82, 2.24) is 4.72 Å². The largest absolute Gasteiger partial charge is 0.495 e. The highest BCUT2D eigenvalue weighted by Gasteiger charge is 2.21. The van der Waals surface area contributed by atoms with Gasteiger partial charge in [0.1, 0.15) is 10.6 Å². The highest BCUT2D eigenvalue weighted by Crippen LogP contribution is 2.27. The van der Waals surface area contributed by atoms with Crippen LogP contribution in [0.1, 0.15) is 20.3 Å². The number of hydrogen-bond acceptors (Lipinski definition) is 4. The average Bonchev–Trinajstić information content (AvgIpc) is 2.36. The molecule has 1 unspecified atom stereocenters. The van der Waals surface area contributed by atoms with Crippen molar-refractivity contribution in [3.8, 4) is 5.75 Å². The number of hydrogen-bond donors (Lipinski definition) is 2. The summed E-state index contributed by atoms with van der Waals surface area (Å²) in [6.45, 7) is 3.92. The van der Waals surface area contributed by atoms with Crippen LogP contribution >= 0.6 is 15.9 Å². The van der Waals surface area contributed by atoms with Gasteiger partial charge >= 0.3 is 0 Å². The van der Waals surface area contributed by atoms with Gasteiger partial charge in [-0.15, -0.1) is 0 Å². The molecule has 0 aliphatic rings. The van der Waals surface area contributed by atoms with Gasteiger partial charge in [-0.05, 0) is 30.5 Å². The summed E-state index contributed by atoms with van der Waals surface area (Å²) in [6, 6.07) is 4.74. The molecule has 0 heterocycles. The zero-order valence-electron chi connectivity index (χ0n) is 11.8. The van der Waals surface area contributed by atoms with Gasteiger partial charge in [0.05, 0.1) is 13.2 Å². The molecule has 0 fully saturated rings. The molecular formula is C13H20BrNO4S. The average molecular weight is 366 g/mol. The van der Waals surface area contributed by atoms with Crippen LogP contribution in [0.2, 0.25) is 0 Å². The van der Waals surface area contributed by atoms with Gasteiger partial charge in [-0.25, -0.2) is 13.1 Å². The van der Waals surface area contributed by atoms with Crippen molar-refractivity contribution in [2.45, 2.75) is 31.3 Å². The van der Waals surface area contributed by atoms with Crippen LogP contribution in [0.15, 0.2) is 27.6 Å². The lowest BCUT2D eigenvalue weighted by Gasteiger charge is -2.15. The lowest BCUT2D eigenvalue weighted by Crippen LogP contribution is -2.33. The summed E-state index contributed by atoms with van der Waals surface area (Å²) in [7, 11) is -2.31. The third-order valence-corrected chi connectivity index (χ3v) is 4.61. The van der Waals surface area contributed by atoms with Gasteiger partial charge in [0, 0.05) is 11.0 Å². The molecule has 0 aliphatic heterocycles. The lowest BCUT2D eigenvalue weighted by atomic mass is 10.1. The van der Waals surface area contributed by atoms with Crippen LogP contribution in [0.3, 0.4) is 0 Å². The number of aliphatic hydroxyl groups excluding tert-OH is 1. The smallest absolute Gasteiger partial charge is 0.244 e. The fraction of sp³-hybridized carbons (Fsp3) is 0.538. The van der Waals surface area contributed by atoms with E-state index in [1.807, 2.05) is 13.8 Å². The van der Waals surface area contributed by atoms with Crippen LogP contribution < -0.4 is 9.46 Å². The van der Waals surface area contributed by atoms with Crippen LogP contribution in [0.4, 0.5) is 0 Å². The Kier molecular flexibility index (Phi) is 6.44. The summed E-state index contributed by atoms with van der Waals surface area (Å²) in [5.41, 5.74) is 0. The summed E-state index contributed by atoms with van der Waals surface area (Å²) in [5, 5.41) is 9.74. The van der Waals surface area contributed by atoms with Crippen molar-refractivity contribution in [1.29, 1.82) is 0 Å². The molecule has 20 heavy (non-hydrogen) atoms. The number of methoxy groups -OCH3 is 1. The van der Waals surface area contributed by atoms with E-state index in [-0.39, 0.29) is 17.2 Å². The second kappa shape index (κ2) is 7.40. The van der Waals surface area contributed by atoms with E-state index in [0.29, 0.717) is 16.8 Å². The minimum Gasteiger partial charge on any atom is -0.495 e. The quantitative estimate of drug-likeness (QED) is 0.775. The molecule has 1 atom stereocenters. The molecule has 5 nitrogen and oxygen atoms in total. The zero-order valence-corrected chi connectivity index (χ0v) is 14.2. The molecule has 114 valence electrons. The SMILES string of the molecule is COc1ccc(Br)cc1S(=O)(=O)NCC(O)CC(C)C. The first kappa shape index (κ1) is 17.4. The molecule has 1 aromatic rings. The lowest BCUT2D eigenvalue weighted by molar-refractivity contribution is 0.152. The topological polar surface area (TPSA) is 75.6 Å². The number of sulfonamides is 1. The van der Waals surface area contributed by atoms with E-state index in [1.165, 1.54) is 13.2 Å². The van der Waals surface area contributed by atoms with Crippen molar-refractivity contribution in [2.75, 3.05) is 13.7 Å². The van der Waals surface area contributed by atoms with Gasteiger partial charge < -0.3 is 9.84 Å². The molecule has 0 saturated heterocycles. The van der Waals surface area contributed by atoms with E-state index in [4.69, 9.17) is 4.74 Å². The van der Waals surface area contributed by atoms with Gasteiger partial charge in [-0.2, -0.15) is 0 Å². The number of aliphatic hydroxyl groups is 1. The number of rotatable bonds is 7. The van der Waals surface area contributed by atoms with Crippen LogP contribution in [-0.2, 0) is 10.0 Å². The summed E-state index contributed by atoms with van der Waals surface area (Å²) in [6.07, 6.45) is -0.166. The molecular weight excluding hydrogens is 346 g/mol. The Labute approximate surface area is 128 Å². The number of benzene rings is 1. The van der Waals surface area contributed by atoms with E-state index in [2.05, 4.69) is 20.7 Å². The molecule has 0 bridgehead atoms. The fourth-order valence-electron chi connectivity index (χ4n) is 1.77. The molecule has 0 saturated carbocycles. The van der Waals surface area contributed by atoms with Gasteiger partial charge in [0.2, 0.25) is 10.0 Å². The van der Waals surface area contributed by atoms with Gasteiger partial charge in [-0.1, -0.05) is 29.8 Å². The molecule has 0 amide bonds.